The fourth-order valence-electron chi connectivity index (χ4n) is 4.86. The third-order valence-electron chi connectivity index (χ3n) is 6.58. The smallest absolute Gasteiger partial charge is 0.150 e. The van der Waals surface area contributed by atoms with Crippen LogP contribution in [0.3, 0.4) is 0 Å². The van der Waals surface area contributed by atoms with Crippen LogP contribution in [-0.4, -0.2) is 33.6 Å². The Labute approximate surface area is 182 Å². The topological polar surface area (TPSA) is 51.1 Å². The molecule has 1 saturated heterocycles. The molecule has 0 atom stereocenters. The maximum Gasteiger partial charge on any atom is 0.150 e. The van der Waals surface area contributed by atoms with E-state index in [9.17, 15) is 0 Å². The highest BCUT2D eigenvalue weighted by Gasteiger charge is 2.32. The van der Waals surface area contributed by atoms with Gasteiger partial charge >= 0.3 is 0 Å². The third-order valence-corrected chi connectivity index (χ3v) is 7.65. The van der Waals surface area contributed by atoms with Crippen molar-refractivity contribution in [3.05, 3.63) is 23.1 Å². The summed E-state index contributed by atoms with van der Waals surface area (Å²) >= 11 is 1.78. The lowest BCUT2D eigenvalue weighted by molar-refractivity contribution is -0.0402. The van der Waals surface area contributed by atoms with E-state index in [2.05, 4.69) is 39.5 Å². The first-order chi connectivity index (χ1) is 14.3. The number of anilines is 1. The summed E-state index contributed by atoms with van der Waals surface area (Å²) in [5, 5.41) is 1.24. The Morgan fingerprint density at radius 2 is 1.97 bits per heavy atom. The Hall–Kier alpha value is -1.79. The van der Waals surface area contributed by atoms with Crippen LogP contribution in [0.1, 0.15) is 64.3 Å². The Kier molecular flexibility index (Phi) is 4.98. The van der Waals surface area contributed by atoms with Gasteiger partial charge in [0.2, 0.25) is 0 Å². The summed E-state index contributed by atoms with van der Waals surface area (Å²) in [6, 6.07) is 0. The average molecular weight is 425 g/mol. The van der Waals surface area contributed by atoms with Gasteiger partial charge in [-0.25, -0.2) is 15.0 Å². The lowest BCUT2D eigenvalue weighted by Gasteiger charge is -2.33. The van der Waals surface area contributed by atoms with E-state index < -0.39 is 0 Å². The van der Waals surface area contributed by atoms with Crippen LogP contribution in [0.5, 0.6) is 0 Å². The molecule has 3 aromatic heterocycles. The van der Waals surface area contributed by atoms with E-state index in [0.29, 0.717) is 12.5 Å². The summed E-state index contributed by atoms with van der Waals surface area (Å²) in [7, 11) is 0. The molecule has 6 heteroatoms. The molecule has 0 aromatic carbocycles. The summed E-state index contributed by atoms with van der Waals surface area (Å²) in [5.74, 6) is 2.46. The van der Waals surface area contributed by atoms with Gasteiger partial charge in [0.1, 0.15) is 17.0 Å². The first-order valence-corrected chi connectivity index (χ1v) is 12.1. The molecule has 1 fully saturated rings. The van der Waals surface area contributed by atoms with Gasteiger partial charge in [0.25, 0.3) is 0 Å². The van der Waals surface area contributed by atoms with Crippen LogP contribution in [0.15, 0.2) is 6.33 Å². The summed E-state index contributed by atoms with van der Waals surface area (Å²) in [6.45, 7) is 14.0. The van der Waals surface area contributed by atoms with Gasteiger partial charge in [-0.15, -0.1) is 11.3 Å². The summed E-state index contributed by atoms with van der Waals surface area (Å²) in [4.78, 5) is 18.2. The van der Waals surface area contributed by atoms with E-state index in [1.165, 1.54) is 39.7 Å². The van der Waals surface area contributed by atoms with Crippen LogP contribution in [-0.2, 0) is 24.2 Å². The molecule has 0 radical (unpaired) electrons. The molecule has 160 valence electrons. The molecule has 0 aliphatic carbocycles. The molecule has 0 saturated carbocycles. The maximum absolute atomic E-state index is 6.20. The number of hydrogen-bond acceptors (Lipinski definition) is 6. The predicted molar refractivity (Wildman–Crippen MR) is 124 cm³/mol. The summed E-state index contributed by atoms with van der Waals surface area (Å²) in [5.41, 5.74) is 4.81. The molecule has 0 amide bonds. The van der Waals surface area contributed by atoms with Crippen molar-refractivity contribution >= 4 is 37.6 Å². The average Bonchev–Trinajstić information content (AvgIpc) is 3.06. The molecule has 5 nitrogen and oxygen atoms in total. The van der Waals surface area contributed by atoms with Crippen molar-refractivity contribution in [3.8, 4) is 0 Å². The monoisotopic (exact) mass is 424 g/mol. The van der Waals surface area contributed by atoms with Crippen molar-refractivity contribution in [3.63, 3.8) is 0 Å². The zero-order chi connectivity index (χ0) is 21.0. The van der Waals surface area contributed by atoms with Gasteiger partial charge in [-0.3, -0.25) is 0 Å². The number of hydrogen-bond donors (Lipinski definition) is 0. The summed E-state index contributed by atoms with van der Waals surface area (Å²) < 4.78 is 7.40. The van der Waals surface area contributed by atoms with Crippen molar-refractivity contribution in [2.24, 2.45) is 11.8 Å². The molecule has 5 rings (SSSR count). The number of thiophene rings is 1. The molecule has 0 N–H and O–H groups in total. The minimum atomic E-state index is -0.163. The second kappa shape index (κ2) is 7.41. The van der Waals surface area contributed by atoms with Crippen LogP contribution in [0.25, 0.3) is 20.4 Å². The molecule has 2 aliphatic heterocycles. The minimum Gasteiger partial charge on any atom is -0.370 e. The Morgan fingerprint density at radius 1 is 1.20 bits per heavy atom. The molecular formula is C24H32N4OS. The van der Waals surface area contributed by atoms with Gasteiger partial charge in [0, 0.05) is 36.2 Å². The minimum absolute atomic E-state index is 0.163. The van der Waals surface area contributed by atoms with Crippen LogP contribution < -0.4 is 4.90 Å². The Morgan fingerprint density at radius 3 is 2.70 bits per heavy atom. The standard InChI is InChI=1S/C24H32N4OS/c1-14(2)10-18-17-12-29-24(4,5)11-16(17)19-20-21(30-23(19)27-18)22(26-13-25-20)28-8-6-15(3)7-9-28/h13-15H,6-12H2,1-5H3. The predicted octanol–water partition coefficient (Wildman–Crippen LogP) is 5.53. The van der Waals surface area contributed by atoms with Gasteiger partial charge in [-0.2, -0.15) is 0 Å². The quantitative estimate of drug-likeness (QED) is 0.554. The van der Waals surface area contributed by atoms with E-state index in [1.54, 1.807) is 17.7 Å². The largest absolute Gasteiger partial charge is 0.370 e. The highest BCUT2D eigenvalue weighted by atomic mass is 32.1. The van der Waals surface area contributed by atoms with Crippen molar-refractivity contribution in [1.82, 2.24) is 15.0 Å². The number of fused-ring (bicyclic) bond motifs is 5. The van der Waals surface area contributed by atoms with Gasteiger partial charge in [0.15, 0.2) is 0 Å². The third kappa shape index (κ3) is 3.48. The van der Waals surface area contributed by atoms with Crippen LogP contribution in [0.4, 0.5) is 5.82 Å². The van der Waals surface area contributed by atoms with Gasteiger partial charge in [-0.1, -0.05) is 20.8 Å². The van der Waals surface area contributed by atoms with Crippen LogP contribution in [0, 0.1) is 11.8 Å². The number of nitrogens with zero attached hydrogens (tertiary/aromatic N) is 4. The lowest BCUT2D eigenvalue weighted by Crippen LogP contribution is -2.33. The number of aromatic nitrogens is 3. The molecular weight excluding hydrogens is 392 g/mol. The fourth-order valence-corrected chi connectivity index (χ4v) is 6.06. The van der Waals surface area contributed by atoms with Crippen molar-refractivity contribution in [1.29, 1.82) is 0 Å². The van der Waals surface area contributed by atoms with E-state index in [-0.39, 0.29) is 5.60 Å². The zero-order valence-corrected chi connectivity index (χ0v) is 19.6. The SMILES string of the molecule is CC(C)Cc1nc2sc3c(N4CCC(C)CC4)ncnc3c2c2c1COC(C)(C)C2. The number of ether oxygens (including phenoxy) is 1. The summed E-state index contributed by atoms with van der Waals surface area (Å²) in [6.07, 6.45) is 6.10. The Balaban J connectivity index is 1.72. The second-order valence-electron chi connectivity index (χ2n) is 10.2. The normalized spacial score (nSPS) is 19.7. The van der Waals surface area contributed by atoms with Crippen LogP contribution >= 0.6 is 11.3 Å². The number of rotatable bonds is 3. The molecule has 0 spiro atoms. The van der Waals surface area contributed by atoms with Gasteiger partial charge < -0.3 is 9.64 Å². The first kappa shape index (κ1) is 20.1. The van der Waals surface area contributed by atoms with Crippen LogP contribution in [0.2, 0.25) is 0 Å². The highest BCUT2D eigenvalue weighted by Crippen LogP contribution is 2.43. The van der Waals surface area contributed by atoms with Crippen molar-refractivity contribution < 1.29 is 4.74 Å². The molecule has 0 bridgehead atoms. The first-order valence-electron chi connectivity index (χ1n) is 11.3. The lowest BCUT2D eigenvalue weighted by atomic mass is 9.88. The van der Waals surface area contributed by atoms with E-state index in [1.807, 2.05) is 0 Å². The molecule has 30 heavy (non-hydrogen) atoms. The van der Waals surface area contributed by atoms with Crippen molar-refractivity contribution in [2.45, 2.75) is 72.5 Å². The molecule has 2 aliphatic rings. The molecule has 3 aromatic rings. The van der Waals surface area contributed by atoms with Crippen molar-refractivity contribution in [2.75, 3.05) is 18.0 Å². The highest BCUT2D eigenvalue weighted by molar-refractivity contribution is 7.26. The van der Waals surface area contributed by atoms with Gasteiger partial charge in [-0.05, 0) is 50.5 Å². The second-order valence-corrected chi connectivity index (χ2v) is 11.2. The number of piperidine rings is 1. The maximum atomic E-state index is 6.20. The zero-order valence-electron chi connectivity index (χ0n) is 18.8. The van der Waals surface area contributed by atoms with Gasteiger partial charge in [0.05, 0.1) is 22.4 Å². The number of pyridine rings is 1. The van der Waals surface area contributed by atoms with E-state index in [0.717, 1.165) is 48.0 Å². The Bertz CT molecular complexity index is 1100. The molecule has 5 heterocycles. The fraction of sp³-hybridized carbons (Fsp3) is 0.625. The molecule has 0 unspecified atom stereocenters. The van der Waals surface area contributed by atoms with E-state index >= 15 is 0 Å². The van der Waals surface area contributed by atoms with E-state index in [4.69, 9.17) is 19.7 Å².